The van der Waals surface area contributed by atoms with Crippen molar-refractivity contribution in [1.29, 1.82) is 0 Å². The van der Waals surface area contributed by atoms with Gasteiger partial charge < -0.3 is 13.2 Å². The molecular formula is C112H72N4. The Kier molecular flexibility index (Phi) is 15.1. The number of nitrogens with zero attached hydrogens (tertiary/aromatic N) is 4. The third-order valence-electron chi connectivity index (χ3n) is 24.6. The number of hydrogen-bond donors (Lipinski definition) is 0. The zero-order valence-corrected chi connectivity index (χ0v) is 64.2. The topological polar surface area (TPSA) is 17.6 Å². The first kappa shape index (κ1) is 66.6. The van der Waals surface area contributed by atoms with Gasteiger partial charge in [-0.15, -0.1) is 0 Å². The van der Waals surface area contributed by atoms with Crippen molar-refractivity contribution in [3.05, 3.63) is 410 Å². The molecule has 4 heteroatoms. The number of rotatable bonds is 7. The molecule has 4 nitrogen and oxygen atoms in total. The third-order valence-corrected chi connectivity index (χ3v) is 24.6. The Labute approximate surface area is 669 Å². The fraction of sp³-hybridized carbons (Fsp3) is 0.0268. The first-order chi connectivity index (χ1) is 57.2. The van der Waals surface area contributed by atoms with Gasteiger partial charge in [0.15, 0.2) is 5.69 Å². The highest BCUT2D eigenvalue weighted by Gasteiger charge is 2.24. The number of hydrogen-bond acceptors (Lipinski definition) is 0. The molecule has 0 aliphatic heterocycles. The predicted molar refractivity (Wildman–Crippen MR) is 494 cm³/mol. The maximum atomic E-state index is 7.71. The van der Waals surface area contributed by atoms with Crippen LogP contribution in [-0.2, 0) is 0 Å². The van der Waals surface area contributed by atoms with E-state index in [4.69, 9.17) is 6.57 Å². The molecule has 0 fully saturated rings. The highest BCUT2D eigenvalue weighted by molar-refractivity contribution is 6.29. The maximum absolute atomic E-state index is 7.71. The molecule has 6 heterocycles. The van der Waals surface area contributed by atoms with Crippen LogP contribution in [-0.4, -0.2) is 13.2 Å². The summed E-state index contributed by atoms with van der Waals surface area (Å²) in [7, 11) is 0. The second kappa shape index (κ2) is 26.2. The van der Waals surface area contributed by atoms with Crippen LogP contribution in [0.15, 0.2) is 382 Å². The van der Waals surface area contributed by atoms with Crippen molar-refractivity contribution in [1.82, 2.24) is 13.2 Å². The zero-order chi connectivity index (χ0) is 77.0. The molecule has 0 saturated heterocycles. The Bertz CT molecular complexity index is 8320. The van der Waals surface area contributed by atoms with Crippen LogP contribution in [0.1, 0.15) is 16.7 Å². The molecule has 0 bridgehead atoms. The van der Waals surface area contributed by atoms with Crippen molar-refractivity contribution in [3.8, 4) is 77.9 Å². The molecule has 0 radical (unpaired) electrons. The monoisotopic (exact) mass is 1470 g/mol. The molecule has 0 unspecified atom stereocenters. The van der Waals surface area contributed by atoms with Crippen LogP contribution in [0, 0.1) is 27.3 Å². The fourth-order valence-corrected chi connectivity index (χ4v) is 19.3. The molecular weight excluding hydrogens is 1400 g/mol. The van der Waals surface area contributed by atoms with E-state index >= 15 is 0 Å². The molecule has 0 aliphatic rings. The maximum Gasteiger partial charge on any atom is 0.188 e. The summed E-state index contributed by atoms with van der Waals surface area (Å²) in [6.45, 7) is 14.2. The van der Waals surface area contributed by atoms with Crippen LogP contribution in [0.3, 0.4) is 0 Å². The lowest BCUT2D eigenvalue weighted by Crippen LogP contribution is -1.86. The average molecular weight is 1470 g/mol. The van der Waals surface area contributed by atoms with Gasteiger partial charge in [0.1, 0.15) is 0 Å². The molecule has 25 aromatic rings. The van der Waals surface area contributed by atoms with E-state index in [1.165, 1.54) is 219 Å². The van der Waals surface area contributed by atoms with Crippen molar-refractivity contribution in [3.63, 3.8) is 0 Å². The standard InChI is InChI=1S/C43H27N.C38H24N2.C31H21N/c1-26-17-20-42-38(21-26)40-25-30(24-39-36-15-6-7-16-41(36)44(42)43(39)40)28-10-8-9-27(22-28)29-18-19-35-33-13-3-2-11-31(33)32-12-4-5-14-34(32)37(35)23-29;1-24-15-16-37-33(17-24)35-23-30(22-34-32-13-6-7-14-36(32)40(37)38(34)35)27-12-8-11-26(18-27)29-19-28(20-31(21-29)39-2)25-9-4-3-5-10-25;1-20-12-14-29-25(16-20)27-18-24(22-10-6-3-7-11-22)19-28-26-17-23(21-8-4-2-5-9-21)13-15-30(26)32(29)31(27)28/h2-25H,1H3;3-23H,1H3;2-19H,1H3. The van der Waals surface area contributed by atoms with Gasteiger partial charge in [-0.1, -0.05) is 265 Å². The minimum absolute atomic E-state index is 0.649. The van der Waals surface area contributed by atoms with Crippen molar-refractivity contribution in [2.45, 2.75) is 20.8 Å². The highest BCUT2D eigenvalue weighted by atomic mass is 14.9. The van der Waals surface area contributed by atoms with E-state index in [0.29, 0.717) is 5.69 Å². The van der Waals surface area contributed by atoms with Gasteiger partial charge in [-0.3, -0.25) is 0 Å². The van der Waals surface area contributed by atoms with Gasteiger partial charge in [0, 0.05) is 64.6 Å². The average Bonchev–Trinajstić information content (AvgIpc) is 1.54. The summed E-state index contributed by atoms with van der Waals surface area (Å²) in [6.07, 6.45) is 0. The highest BCUT2D eigenvalue weighted by Crippen LogP contribution is 2.48. The first-order valence-electron chi connectivity index (χ1n) is 40.0. The number of benzene rings is 19. The number of aryl methyl sites for hydroxylation is 3. The lowest BCUT2D eigenvalue weighted by molar-refractivity contribution is 1.36. The second-order valence-corrected chi connectivity index (χ2v) is 31.6. The molecule has 0 N–H and O–H groups in total. The van der Waals surface area contributed by atoms with Gasteiger partial charge in [-0.2, -0.15) is 0 Å². The summed E-state index contributed by atoms with van der Waals surface area (Å²) < 4.78 is 7.34. The van der Waals surface area contributed by atoms with Crippen LogP contribution in [0.5, 0.6) is 0 Å². The summed E-state index contributed by atoms with van der Waals surface area (Å²) in [5.41, 5.74) is 32.7. The predicted octanol–water partition coefficient (Wildman–Crippen LogP) is 31.1. The molecule has 0 spiro atoms. The quantitative estimate of drug-likeness (QED) is 0.112. The van der Waals surface area contributed by atoms with Crippen LogP contribution in [0.4, 0.5) is 5.69 Å². The van der Waals surface area contributed by atoms with Crippen LogP contribution >= 0.6 is 0 Å². The number of para-hydroxylation sites is 2. The van der Waals surface area contributed by atoms with E-state index in [9.17, 15) is 0 Å². The smallest absolute Gasteiger partial charge is 0.188 e. The van der Waals surface area contributed by atoms with E-state index < -0.39 is 0 Å². The first-order valence-corrected chi connectivity index (χ1v) is 40.0. The van der Waals surface area contributed by atoms with Crippen molar-refractivity contribution < 1.29 is 0 Å². The van der Waals surface area contributed by atoms with Gasteiger partial charge in [-0.05, 0) is 264 Å². The van der Waals surface area contributed by atoms with Crippen molar-refractivity contribution in [2.75, 3.05) is 0 Å². The Morgan fingerprint density at radius 3 is 0.819 bits per heavy atom. The zero-order valence-electron chi connectivity index (χ0n) is 64.2. The fourth-order valence-electron chi connectivity index (χ4n) is 19.3. The van der Waals surface area contributed by atoms with Gasteiger partial charge in [0.05, 0.1) is 56.2 Å². The molecule has 19 aromatic carbocycles. The van der Waals surface area contributed by atoms with Gasteiger partial charge in [0.25, 0.3) is 0 Å². The molecule has 25 rings (SSSR count). The summed E-state index contributed by atoms with van der Waals surface area (Å²) in [5, 5.41) is 23.5. The SMILES string of the molecule is Cc1ccc2c(c1)c1cc(-c3cccc(-c4ccc5c6ccccc6c6ccccc6c5c4)c3)cc3c4ccccc4n2c31.Cc1ccc2c(c1)c1cc(-c3ccccc3)cc3c4cc(-c5ccccc5)ccc4n2c13.[C-]#[N+]c1cc(-c2ccccc2)cc(-c2cccc(-c3cc4c5ccccc5n5c6ccc(C)cc6c(c3)c45)c2)c1. The molecule has 6 aromatic heterocycles. The van der Waals surface area contributed by atoms with Crippen LogP contribution in [0.25, 0.3) is 229 Å². The summed E-state index contributed by atoms with van der Waals surface area (Å²) in [6, 6.07) is 139. The summed E-state index contributed by atoms with van der Waals surface area (Å²) in [4.78, 5) is 3.79. The van der Waals surface area contributed by atoms with E-state index in [1.807, 2.05) is 30.3 Å². The molecule has 0 atom stereocenters. The van der Waals surface area contributed by atoms with E-state index in [1.54, 1.807) is 0 Å². The Morgan fingerprint density at radius 2 is 0.405 bits per heavy atom. The van der Waals surface area contributed by atoms with Crippen molar-refractivity contribution >= 4 is 152 Å². The lowest BCUT2D eigenvalue weighted by Gasteiger charge is -2.12. The van der Waals surface area contributed by atoms with Crippen molar-refractivity contribution in [2.24, 2.45) is 0 Å². The summed E-state index contributed by atoms with van der Waals surface area (Å²) in [5.74, 6) is 0. The minimum atomic E-state index is 0.649. The normalized spacial score (nSPS) is 11.9. The summed E-state index contributed by atoms with van der Waals surface area (Å²) >= 11 is 0. The number of aromatic nitrogens is 3. The molecule has 540 valence electrons. The molecule has 0 aliphatic carbocycles. The van der Waals surface area contributed by atoms with E-state index in [-0.39, 0.29) is 0 Å². The van der Waals surface area contributed by atoms with Gasteiger partial charge in [0.2, 0.25) is 0 Å². The minimum Gasteiger partial charge on any atom is -0.308 e. The Morgan fingerprint density at radius 1 is 0.164 bits per heavy atom. The van der Waals surface area contributed by atoms with Crippen LogP contribution in [0.2, 0.25) is 0 Å². The lowest BCUT2D eigenvalue weighted by atomic mass is 9.91. The van der Waals surface area contributed by atoms with E-state index in [0.717, 1.165) is 22.3 Å². The van der Waals surface area contributed by atoms with Gasteiger partial charge >= 0.3 is 0 Å². The Balaban J connectivity index is 0.000000104. The largest absolute Gasteiger partial charge is 0.308 e. The third kappa shape index (κ3) is 10.5. The van der Waals surface area contributed by atoms with Gasteiger partial charge in [-0.25, -0.2) is 4.85 Å². The van der Waals surface area contributed by atoms with Crippen LogP contribution < -0.4 is 0 Å². The number of fused-ring (bicyclic) bond motifs is 24. The second-order valence-electron chi connectivity index (χ2n) is 31.6. The molecule has 0 saturated carbocycles. The molecule has 116 heavy (non-hydrogen) atoms. The van der Waals surface area contributed by atoms with E-state index in [2.05, 4.69) is 391 Å². The Hall–Kier alpha value is -15.2. The molecule has 0 amide bonds.